The molecule has 0 aliphatic heterocycles. The van der Waals surface area contributed by atoms with Crippen molar-refractivity contribution < 1.29 is 9.30 Å². The minimum Gasteiger partial charge on any atom is -0.497 e. The largest absolute Gasteiger partial charge is 0.497 e. The van der Waals surface area contributed by atoms with Gasteiger partial charge in [-0.15, -0.1) is 0 Å². The number of rotatable bonds is 3. The molecule has 3 rings (SSSR count). The molecule has 20 heavy (non-hydrogen) atoms. The van der Waals surface area contributed by atoms with E-state index in [1.807, 2.05) is 55.1 Å². The lowest BCUT2D eigenvalue weighted by molar-refractivity contribution is -0.594. The number of halogens is 1. The highest BCUT2D eigenvalue weighted by molar-refractivity contribution is 9.10. The van der Waals surface area contributed by atoms with Crippen LogP contribution in [0.2, 0.25) is 0 Å². The van der Waals surface area contributed by atoms with E-state index in [4.69, 9.17) is 4.74 Å². The van der Waals surface area contributed by atoms with Gasteiger partial charge in [0.25, 0.3) is 6.33 Å². The zero-order chi connectivity index (χ0) is 13.9. The van der Waals surface area contributed by atoms with Crippen molar-refractivity contribution in [1.29, 1.82) is 0 Å². The quantitative estimate of drug-likeness (QED) is 0.672. The number of aromatic nitrogens is 2. The Morgan fingerprint density at radius 1 is 1.00 bits per heavy atom. The molecule has 0 saturated carbocycles. The number of methoxy groups -OCH3 is 1. The summed E-state index contributed by atoms with van der Waals surface area (Å²) in [6, 6.07) is 16.2. The Balaban J connectivity index is 1.91. The van der Waals surface area contributed by atoms with Crippen molar-refractivity contribution in [3.05, 3.63) is 71.7 Å². The molecule has 0 bridgehead atoms. The summed E-state index contributed by atoms with van der Waals surface area (Å²) in [4.78, 5) is 0. The van der Waals surface area contributed by atoms with Gasteiger partial charge in [0.15, 0.2) is 0 Å². The van der Waals surface area contributed by atoms with Crippen molar-refractivity contribution in [3.63, 3.8) is 0 Å². The Kier molecular flexibility index (Phi) is 3.56. The molecule has 0 aliphatic carbocycles. The number of hydrogen-bond donors (Lipinski definition) is 0. The molecule has 0 spiro atoms. The molecule has 0 radical (unpaired) electrons. The van der Waals surface area contributed by atoms with E-state index in [1.165, 1.54) is 0 Å². The number of nitrogens with zero attached hydrogens (tertiary/aromatic N) is 2. The molecule has 3 aromatic rings. The van der Waals surface area contributed by atoms with Crippen molar-refractivity contribution in [3.8, 4) is 17.1 Å². The second kappa shape index (κ2) is 5.51. The molecule has 0 saturated heterocycles. The fourth-order valence-electron chi connectivity index (χ4n) is 2.03. The van der Waals surface area contributed by atoms with Crippen LogP contribution >= 0.6 is 15.9 Å². The van der Waals surface area contributed by atoms with Crippen LogP contribution in [0, 0.1) is 0 Å². The van der Waals surface area contributed by atoms with Crippen LogP contribution in [0.4, 0.5) is 0 Å². The molecular weight excluding hydrogens is 316 g/mol. The van der Waals surface area contributed by atoms with E-state index in [-0.39, 0.29) is 0 Å². The lowest BCUT2D eigenvalue weighted by Gasteiger charge is -1.99. The average molecular weight is 330 g/mol. The molecule has 0 aliphatic rings. The fraction of sp³-hybridized carbons (Fsp3) is 0.0625. The second-order valence-electron chi connectivity index (χ2n) is 4.40. The highest BCUT2D eigenvalue weighted by Gasteiger charge is 2.08. The molecule has 100 valence electrons. The minimum absolute atomic E-state index is 0.863. The summed E-state index contributed by atoms with van der Waals surface area (Å²) in [5.41, 5.74) is 2.22. The first-order valence-corrected chi connectivity index (χ1v) is 7.05. The van der Waals surface area contributed by atoms with E-state index in [0.29, 0.717) is 0 Å². The van der Waals surface area contributed by atoms with Crippen molar-refractivity contribution in [2.24, 2.45) is 0 Å². The Morgan fingerprint density at radius 3 is 2.35 bits per heavy atom. The van der Waals surface area contributed by atoms with Gasteiger partial charge in [-0.25, -0.2) is 9.13 Å². The number of benzene rings is 2. The summed E-state index contributed by atoms with van der Waals surface area (Å²) in [6.07, 6.45) is 6.11. The zero-order valence-corrected chi connectivity index (χ0v) is 12.6. The van der Waals surface area contributed by atoms with Crippen LogP contribution < -0.4 is 9.30 Å². The summed E-state index contributed by atoms with van der Waals surface area (Å²) in [5.74, 6) is 0.863. The third kappa shape index (κ3) is 2.60. The summed E-state index contributed by atoms with van der Waals surface area (Å²) in [6.45, 7) is 0. The third-order valence-electron chi connectivity index (χ3n) is 3.13. The summed E-state index contributed by atoms with van der Waals surface area (Å²) in [5, 5.41) is 0. The van der Waals surface area contributed by atoms with Gasteiger partial charge in [0.1, 0.15) is 29.5 Å². The van der Waals surface area contributed by atoms with Crippen LogP contribution in [-0.2, 0) is 0 Å². The van der Waals surface area contributed by atoms with Gasteiger partial charge in [-0.1, -0.05) is 15.9 Å². The smallest absolute Gasteiger partial charge is 0.254 e. The molecule has 4 heteroatoms. The van der Waals surface area contributed by atoms with E-state index < -0.39 is 0 Å². The van der Waals surface area contributed by atoms with Gasteiger partial charge < -0.3 is 4.74 Å². The monoisotopic (exact) mass is 329 g/mol. The Hall–Kier alpha value is -2.07. The predicted molar refractivity (Wildman–Crippen MR) is 81.6 cm³/mol. The van der Waals surface area contributed by atoms with Crippen LogP contribution in [-0.4, -0.2) is 11.7 Å². The Morgan fingerprint density at radius 2 is 1.70 bits per heavy atom. The van der Waals surface area contributed by atoms with Gasteiger partial charge in [-0.2, -0.15) is 0 Å². The molecule has 0 unspecified atom stereocenters. The van der Waals surface area contributed by atoms with Crippen LogP contribution in [0.1, 0.15) is 0 Å². The first-order chi connectivity index (χ1) is 9.76. The van der Waals surface area contributed by atoms with Gasteiger partial charge in [0, 0.05) is 4.47 Å². The lowest BCUT2D eigenvalue weighted by Crippen LogP contribution is -2.27. The first kappa shape index (κ1) is 12.9. The molecule has 0 atom stereocenters. The van der Waals surface area contributed by atoms with Crippen molar-refractivity contribution in [2.75, 3.05) is 7.11 Å². The minimum atomic E-state index is 0.863. The van der Waals surface area contributed by atoms with Crippen molar-refractivity contribution in [1.82, 2.24) is 4.57 Å². The highest BCUT2D eigenvalue weighted by Crippen LogP contribution is 2.15. The topological polar surface area (TPSA) is 18.0 Å². The van der Waals surface area contributed by atoms with Crippen LogP contribution in [0.15, 0.2) is 71.7 Å². The number of hydrogen-bond acceptors (Lipinski definition) is 1. The van der Waals surface area contributed by atoms with E-state index in [9.17, 15) is 0 Å². The van der Waals surface area contributed by atoms with E-state index in [2.05, 4.69) is 37.2 Å². The van der Waals surface area contributed by atoms with E-state index >= 15 is 0 Å². The van der Waals surface area contributed by atoms with Gasteiger partial charge in [0.05, 0.1) is 7.11 Å². The Labute approximate surface area is 126 Å². The fourth-order valence-corrected chi connectivity index (χ4v) is 2.29. The van der Waals surface area contributed by atoms with Gasteiger partial charge in [-0.3, -0.25) is 0 Å². The molecular formula is C16H14BrN2O+. The average Bonchev–Trinajstić information content (AvgIpc) is 2.98. The van der Waals surface area contributed by atoms with E-state index in [0.717, 1.165) is 21.6 Å². The van der Waals surface area contributed by atoms with E-state index in [1.54, 1.807) is 7.11 Å². The van der Waals surface area contributed by atoms with Crippen LogP contribution in [0.25, 0.3) is 11.4 Å². The zero-order valence-electron chi connectivity index (χ0n) is 11.0. The van der Waals surface area contributed by atoms with Crippen molar-refractivity contribution >= 4 is 15.9 Å². The molecule has 1 aromatic heterocycles. The maximum atomic E-state index is 5.17. The second-order valence-corrected chi connectivity index (χ2v) is 5.32. The standard InChI is InChI=1S/C16H14BrN2O/c1-20-16-8-6-15(7-9-16)19-11-10-18(12-19)14-4-2-13(17)3-5-14/h2-12H,1H3/q+1. The van der Waals surface area contributed by atoms with Crippen molar-refractivity contribution in [2.45, 2.75) is 0 Å². The summed E-state index contributed by atoms with van der Waals surface area (Å²) in [7, 11) is 1.67. The lowest BCUT2D eigenvalue weighted by atomic mass is 10.3. The summed E-state index contributed by atoms with van der Waals surface area (Å²) < 4.78 is 10.4. The predicted octanol–water partition coefficient (Wildman–Crippen LogP) is 3.53. The third-order valence-corrected chi connectivity index (χ3v) is 3.66. The van der Waals surface area contributed by atoms with Crippen LogP contribution in [0.5, 0.6) is 5.75 Å². The first-order valence-electron chi connectivity index (χ1n) is 6.26. The molecule has 0 amide bonds. The van der Waals surface area contributed by atoms with Gasteiger partial charge in [-0.05, 0) is 48.5 Å². The SMILES string of the molecule is COc1ccc(-n2cc[n+](-c3ccc(Br)cc3)c2)cc1. The molecule has 2 aromatic carbocycles. The number of imidazole rings is 1. The van der Waals surface area contributed by atoms with Crippen LogP contribution in [0.3, 0.4) is 0 Å². The summed E-state index contributed by atoms with van der Waals surface area (Å²) >= 11 is 3.45. The molecule has 1 heterocycles. The normalized spacial score (nSPS) is 10.5. The number of ether oxygens (including phenoxy) is 1. The maximum absolute atomic E-state index is 5.17. The van der Waals surface area contributed by atoms with Gasteiger partial charge >= 0.3 is 0 Å². The molecule has 0 fully saturated rings. The highest BCUT2D eigenvalue weighted by atomic mass is 79.9. The molecule has 3 nitrogen and oxygen atoms in total. The maximum Gasteiger partial charge on any atom is 0.254 e. The van der Waals surface area contributed by atoms with Gasteiger partial charge in [0.2, 0.25) is 0 Å². The molecule has 0 N–H and O–H groups in total. The Bertz CT molecular complexity index is 702.